The maximum absolute atomic E-state index is 11.3. The molecule has 1 aromatic rings. The van der Waals surface area contributed by atoms with E-state index in [4.69, 9.17) is 10.9 Å². The summed E-state index contributed by atoms with van der Waals surface area (Å²) < 4.78 is 22.7. The Labute approximate surface area is 121 Å². The Morgan fingerprint density at radius 1 is 1.25 bits per heavy atom. The first-order chi connectivity index (χ1) is 9.29. The molecule has 0 atom stereocenters. The molecule has 1 heterocycles. The Balaban J connectivity index is 2.14. The summed E-state index contributed by atoms with van der Waals surface area (Å²) in [7, 11) is -3.74. The van der Waals surface area contributed by atoms with Gasteiger partial charge in [0.1, 0.15) is 4.90 Å². The van der Waals surface area contributed by atoms with Gasteiger partial charge in [0.25, 0.3) is 0 Å². The van der Waals surface area contributed by atoms with Gasteiger partial charge in [-0.3, -0.25) is 0 Å². The lowest BCUT2D eigenvalue weighted by Gasteiger charge is -2.35. The minimum atomic E-state index is -3.74. The van der Waals surface area contributed by atoms with Crippen molar-refractivity contribution in [3.05, 3.63) is 18.2 Å². The van der Waals surface area contributed by atoms with E-state index in [1.54, 1.807) is 12.1 Å². The molecule has 4 N–H and O–H groups in total. The second-order valence-electron chi connectivity index (χ2n) is 5.84. The second kappa shape index (κ2) is 5.61. The molecule has 0 aromatic heterocycles. The molecule has 1 fully saturated rings. The van der Waals surface area contributed by atoms with Gasteiger partial charge >= 0.3 is 0 Å². The largest absolute Gasteiger partial charge is 0.398 e. The minimum absolute atomic E-state index is 0.00156. The summed E-state index contributed by atoms with van der Waals surface area (Å²) in [5.74, 6) is 1.49. The summed E-state index contributed by atoms with van der Waals surface area (Å²) in [6.45, 7) is 6.49. The van der Waals surface area contributed by atoms with Crippen molar-refractivity contribution in [2.75, 3.05) is 23.7 Å². The summed E-state index contributed by atoms with van der Waals surface area (Å²) >= 11 is 0. The Hall–Kier alpha value is -1.27. The number of rotatable bonds is 3. The zero-order valence-corrected chi connectivity index (χ0v) is 12.9. The van der Waals surface area contributed by atoms with Crippen LogP contribution in [0.15, 0.2) is 23.1 Å². The molecule has 1 aliphatic rings. The fourth-order valence-electron chi connectivity index (χ4n) is 2.82. The van der Waals surface area contributed by atoms with Gasteiger partial charge in [-0.15, -0.1) is 0 Å². The van der Waals surface area contributed by atoms with Crippen molar-refractivity contribution in [2.45, 2.75) is 31.6 Å². The van der Waals surface area contributed by atoms with Crippen LogP contribution in [-0.2, 0) is 10.0 Å². The van der Waals surface area contributed by atoms with Gasteiger partial charge < -0.3 is 10.6 Å². The van der Waals surface area contributed by atoms with Gasteiger partial charge in [-0.2, -0.15) is 0 Å². The molecule has 0 spiro atoms. The van der Waals surface area contributed by atoms with Crippen LogP contribution >= 0.6 is 0 Å². The van der Waals surface area contributed by atoms with E-state index in [9.17, 15) is 8.42 Å². The smallest absolute Gasteiger partial charge is 0.240 e. The number of hydrogen-bond donors (Lipinski definition) is 2. The van der Waals surface area contributed by atoms with Crippen molar-refractivity contribution in [3.8, 4) is 0 Å². The van der Waals surface area contributed by atoms with Crippen molar-refractivity contribution < 1.29 is 8.42 Å². The molecule has 0 amide bonds. The number of nitrogen functional groups attached to an aromatic ring is 1. The third-order valence-electron chi connectivity index (χ3n) is 4.15. The molecular weight excluding hydrogens is 274 g/mol. The monoisotopic (exact) mass is 297 g/mol. The highest BCUT2D eigenvalue weighted by Crippen LogP contribution is 2.30. The highest BCUT2D eigenvalue weighted by atomic mass is 32.2. The molecule has 2 rings (SSSR count). The number of nitrogens with zero attached hydrogens (tertiary/aromatic N) is 1. The molecule has 5 nitrogen and oxygen atoms in total. The fraction of sp³-hybridized carbons (Fsp3) is 0.571. The fourth-order valence-corrected chi connectivity index (χ4v) is 3.46. The minimum Gasteiger partial charge on any atom is -0.398 e. The number of hydrogen-bond acceptors (Lipinski definition) is 4. The summed E-state index contributed by atoms with van der Waals surface area (Å²) in [5, 5.41) is 5.12. The van der Waals surface area contributed by atoms with Crippen molar-refractivity contribution >= 4 is 21.4 Å². The van der Waals surface area contributed by atoms with Crippen LogP contribution in [0.5, 0.6) is 0 Å². The summed E-state index contributed by atoms with van der Waals surface area (Å²) in [6, 6.07) is 4.98. The van der Waals surface area contributed by atoms with Crippen molar-refractivity contribution in [1.82, 2.24) is 0 Å². The molecule has 6 heteroatoms. The predicted octanol–water partition coefficient (Wildman–Crippen LogP) is 1.79. The summed E-state index contributed by atoms with van der Waals surface area (Å²) in [4.78, 5) is 2.25. The maximum Gasteiger partial charge on any atom is 0.240 e. The van der Waals surface area contributed by atoms with Gasteiger partial charge in [0.15, 0.2) is 0 Å². The molecule has 112 valence electrons. The van der Waals surface area contributed by atoms with E-state index >= 15 is 0 Å². The first-order valence-corrected chi connectivity index (χ1v) is 8.51. The summed E-state index contributed by atoms with van der Waals surface area (Å²) in [5.41, 5.74) is 6.99. The summed E-state index contributed by atoms with van der Waals surface area (Å²) in [6.07, 6.45) is 2.32. The molecule has 1 saturated heterocycles. The first kappa shape index (κ1) is 15.1. The number of benzene rings is 1. The molecule has 0 saturated carbocycles. The lowest BCUT2D eigenvalue weighted by atomic mass is 9.86. The molecule has 1 aromatic carbocycles. The van der Waals surface area contributed by atoms with E-state index in [-0.39, 0.29) is 10.6 Å². The van der Waals surface area contributed by atoms with E-state index < -0.39 is 10.0 Å². The van der Waals surface area contributed by atoms with Crippen molar-refractivity contribution in [2.24, 2.45) is 17.0 Å². The Bertz CT molecular complexity index is 576. The third-order valence-corrected chi connectivity index (χ3v) is 5.13. The quantitative estimate of drug-likeness (QED) is 0.832. The Morgan fingerprint density at radius 3 is 2.30 bits per heavy atom. The van der Waals surface area contributed by atoms with E-state index in [0.29, 0.717) is 5.92 Å². The molecule has 0 bridgehead atoms. The number of sulfonamides is 1. The van der Waals surface area contributed by atoms with Crippen molar-refractivity contribution in [3.63, 3.8) is 0 Å². The van der Waals surface area contributed by atoms with Gasteiger partial charge in [0.2, 0.25) is 10.0 Å². The van der Waals surface area contributed by atoms with E-state index in [0.717, 1.165) is 37.5 Å². The highest BCUT2D eigenvalue weighted by molar-refractivity contribution is 7.89. The van der Waals surface area contributed by atoms with Crippen LogP contribution in [0.1, 0.15) is 26.7 Å². The molecular formula is C14H23N3O2S. The van der Waals surface area contributed by atoms with Gasteiger partial charge in [-0.1, -0.05) is 13.8 Å². The SMILES string of the molecule is CC(C)C1CCN(c2ccc(S(N)(=O)=O)c(N)c2)CC1. The topological polar surface area (TPSA) is 89.4 Å². The number of nitrogens with two attached hydrogens (primary N) is 2. The van der Waals surface area contributed by atoms with Crippen LogP contribution in [0.25, 0.3) is 0 Å². The first-order valence-electron chi connectivity index (χ1n) is 6.96. The van der Waals surface area contributed by atoms with Gasteiger partial charge in [-0.05, 0) is 42.9 Å². The molecule has 20 heavy (non-hydrogen) atoms. The molecule has 0 radical (unpaired) electrons. The standard InChI is InChI=1S/C14H23N3O2S/c1-10(2)11-5-7-17(8-6-11)12-3-4-14(13(15)9-12)20(16,18)19/h3-4,9-11H,5-8,15H2,1-2H3,(H2,16,18,19). The molecule has 0 aliphatic carbocycles. The number of piperidine rings is 1. The van der Waals surface area contributed by atoms with Crippen LogP contribution in [0.2, 0.25) is 0 Å². The van der Waals surface area contributed by atoms with Gasteiger partial charge in [-0.25, -0.2) is 13.6 Å². The number of anilines is 2. The maximum atomic E-state index is 11.3. The van der Waals surface area contributed by atoms with Crippen LogP contribution < -0.4 is 15.8 Å². The molecule has 0 unspecified atom stereocenters. The normalized spacial score (nSPS) is 17.7. The predicted molar refractivity (Wildman–Crippen MR) is 82.0 cm³/mol. The molecule has 1 aliphatic heterocycles. The van der Waals surface area contributed by atoms with Crippen LogP contribution in [0.3, 0.4) is 0 Å². The Morgan fingerprint density at radius 2 is 1.85 bits per heavy atom. The van der Waals surface area contributed by atoms with Crippen LogP contribution in [0.4, 0.5) is 11.4 Å². The van der Waals surface area contributed by atoms with Crippen molar-refractivity contribution in [1.29, 1.82) is 0 Å². The van der Waals surface area contributed by atoms with Crippen LogP contribution in [0, 0.1) is 11.8 Å². The lowest BCUT2D eigenvalue weighted by Crippen LogP contribution is -2.35. The Kier molecular flexibility index (Phi) is 4.25. The van der Waals surface area contributed by atoms with Gasteiger partial charge in [0.05, 0.1) is 5.69 Å². The third kappa shape index (κ3) is 3.24. The lowest BCUT2D eigenvalue weighted by molar-refractivity contribution is 0.311. The average Bonchev–Trinajstić information content (AvgIpc) is 2.37. The zero-order chi connectivity index (χ0) is 14.9. The zero-order valence-electron chi connectivity index (χ0n) is 12.0. The highest BCUT2D eigenvalue weighted by Gasteiger charge is 2.22. The second-order valence-corrected chi connectivity index (χ2v) is 7.37. The average molecular weight is 297 g/mol. The number of primary sulfonamides is 1. The van der Waals surface area contributed by atoms with E-state index in [2.05, 4.69) is 18.7 Å². The van der Waals surface area contributed by atoms with Crippen LogP contribution in [-0.4, -0.2) is 21.5 Å². The van der Waals surface area contributed by atoms with E-state index in [1.165, 1.54) is 6.07 Å². The van der Waals surface area contributed by atoms with E-state index in [1.807, 2.05) is 0 Å². The van der Waals surface area contributed by atoms with Gasteiger partial charge in [0, 0.05) is 18.8 Å².